The second-order valence-corrected chi connectivity index (χ2v) is 7.58. The lowest BCUT2D eigenvalue weighted by Crippen LogP contribution is -2.35. The van der Waals surface area contributed by atoms with Gasteiger partial charge in [0.1, 0.15) is 5.66 Å². The van der Waals surface area contributed by atoms with E-state index in [1.165, 1.54) is 0 Å². The molecule has 0 rings (SSSR count). The molecule has 0 aliphatic carbocycles. The molecule has 0 fully saturated rings. The molecule has 1 atom stereocenters. The Bertz CT molecular complexity index is 314. The SMILES string of the molecule is CCCCNC(=O)C(CCCCCC(C)C)P(=O)(O)O. The van der Waals surface area contributed by atoms with E-state index in [-0.39, 0.29) is 6.42 Å². The van der Waals surface area contributed by atoms with E-state index in [0.717, 1.165) is 32.1 Å². The molecule has 0 aromatic heterocycles. The molecule has 0 spiro atoms. The van der Waals surface area contributed by atoms with Gasteiger partial charge in [0.25, 0.3) is 0 Å². The number of carbonyl (C=O) groups excluding carboxylic acids is 1. The van der Waals surface area contributed by atoms with Crippen LogP contribution in [0.4, 0.5) is 0 Å². The molecular weight excluding hydrogens is 277 g/mol. The van der Waals surface area contributed by atoms with Gasteiger partial charge >= 0.3 is 7.60 Å². The molecule has 120 valence electrons. The van der Waals surface area contributed by atoms with Crippen LogP contribution in [0.3, 0.4) is 0 Å². The van der Waals surface area contributed by atoms with E-state index in [1.807, 2.05) is 6.92 Å². The van der Waals surface area contributed by atoms with Crippen LogP contribution in [-0.4, -0.2) is 27.9 Å². The highest BCUT2D eigenvalue weighted by Crippen LogP contribution is 2.43. The van der Waals surface area contributed by atoms with Crippen molar-refractivity contribution in [3.8, 4) is 0 Å². The normalized spacial score (nSPS) is 13.5. The van der Waals surface area contributed by atoms with Crippen molar-refractivity contribution in [2.45, 2.75) is 71.4 Å². The van der Waals surface area contributed by atoms with Crippen molar-refractivity contribution in [2.24, 2.45) is 5.92 Å². The standard InChI is InChI=1S/C14H30NO4P/c1-4-5-11-15-14(16)13(20(17,18)19)10-8-6-7-9-12(2)3/h12-13H,4-11H2,1-3H3,(H,15,16)(H2,17,18,19). The van der Waals surface area contributed by atoms with Crippen LogP contribution in [0.1, 0.15) is 65.7 Å². The van der Waals surface area contributed by atoms with Crippen molar-refractivity contribution in [1.29, 1.82) is 0 Å². The van der Waals surface area contributed by atoms with Gasteiger partial charge < -0.3 is 15.1 Å². The summed E-state index contributed by atoms with van der Waals surface area (Å²) in [5.74, 6) is 0.139. The van der Waals surface area contributed by atoms with Gasteiger partial charge in [-0.2, -0.15) is 0 Å². The van der Waals surface area contributed by atoms with Crippen molar-refractivity contribution in [2.75, 3.05) is 6.54 Å². The summed E-state index contributed by atoms with van der Waals surface area (Å²) in [5.41, 5.74) is -1.18. The summed E-state index contributed by atoms with van der Waals surface area (Å²) < 4.78 is 11.4. The maximum absolute atomic E-state index is 11.8. The molecule has 0 aliphatic heterocycles. The van der Waals surface area contributed by atoms with Gasteiger partial charge in [0, 0.05) is 6.54 Å². The van der Waals surface area contributed by atoms with Crippen molar-refractivity contribution >= 4 is 13.5 Å². The first-order valence-corrected chi connectivity index (χ1v) is 9.30. The first kappa shape index (κ1) is 19.6. The zero-order chi connectivity index (χ0) is 15.6. The Kier molecular flexibility index (Phi) is 10.2. The van der Waals surface area contributed by atoms with E-state index < -0.39 is 19.2 Å². The van der Waals surface area contributed by atoms with Crippen LogP contribution in [-0.2, 0) is 9.36 Å². The summed E-state index contributed by atoms with van der Waals surface area (Å²) in [6.45, 7) is 6.79. The minimum atomic E-state index is -4.36. The van der Waals surface area contributed by atoms with Crippen LogP contribution in [0, 0.1) is 5.92 Å². The minimum absolute atomic E-state index is 0.264. The molecule has 0 radical (unpaired) electrons. The quantitative estimate of drug-likeness (QED) is 0.404. The van der Waals surface area contributed by atoms with E-state index in [9.17, 15) is 19.1 Å². The minimum Gasteiger partial charge on any atom is -0.355 e. The Morgan fingerprint density at radius 3 is 2.20 bits per heavy atom. The van der Waals surface area contributed by atoms with Gasteiger partial charge in [0.2, 0.25) is 5.91 Å². The van der Waals surface area contributed by atoms with Crippen LogP contribution in [0.25, 0.3) is 0 Å². The van der Waals surface area contributed by atoms with Gasteiger partial charge in [-0.3, -0.25) is 9.36 Å². The van der Waals surface area contributed by atoms with Crippen LogP contribution < -0.4 is 5.32 Å². The molecule has 3 N–H and O–H groups in total. The fourth-order valence-corrected chi connectivity index (χ4v) is 2.94. The van der Waals surface area contributed by atoms with Crippen LogP contribution >= 0.6 is 7.60 Å². The largest absolute Gasteiger partial charge is 0.355 e. The average molecular weight is 307 g/mol. The third kappa shape index (κ3) is 9.51. The second kappa shape index (κ2) is 10.4. The van der Waals surface area contributed by atoms with E-state index in [4.69, 9.17) is 0 Å². The smallest absolute Gasteiger partial charge is 0.337 e. The molecule has 0 aromatic rings. The van der Waals surface area contributed by atoms with E-state index >= 15 is 0 Å². The summed E-state index contributed by atoms with van der Waals surface area (Å²) in [5, 5.41) is 2.62. The summed E-state index contributed by atoms with van der Waals surface area (Å²) in [4.78, 5) is 30.4. The highest BCUT2D eigenvalue weighted by Gasteiger charge is 2.34. The topological polar surface area (TPSA) is 86.6 Å². The summed E-state index contributed by atoms with van der Waals surface area (Å²) in [6, 6.07) is 0. The Morgan fingerprint density at radius 2 is 1.70 bits per heavy atom. The van der Waals surface area contributed by atoms with E-state index in [0.29, 0.717) is 18.9 Å². The van der Waals surface area contributed by atoms with Gasteiger partial charge in [-0.25, -0.2) is 0 Å². The molecule has 0 aromatic carbocycles. The predicted octanol–water partition coefficient (Wildman–Crippen LogP) is 3.06. The van der Waals surface area contributed by atoms with Crippen molar-refractivity contribution in [1.82, 2.24) is 5.32 Å². The molecule has 0 heterocycles. The number of carbonyl (C=O) groups is 1. The maximum atomic E-state index is 11.8. The zero-order valence-electron chi connectivity index (χ0n) is 13.0. The molecule has 0 aliphatic rings. The Hall–Kier alpha value is -0.380. The van der Waals surface area contributed by atoms with Crippen LogP contribution in [0.15, 0.2) is 0 Å². The highest BCUT2D eigenvalue weighted by atomic mass is 31.2. The lowest BCUT2D eigenvalue weighted by atomic mass is 10.0. The van der Waals surface area contributed by atoms with Crippen molar-refractivity contribution < 1.29 is 19.1 Å². The molecule has 0 saturated carbocycles. The summed E-state index contributed by atoms with van der Waals surface area (Å²) >= 11 is 0. The van der Waals surface area contributed by atoms with E-state index in [1.54, 1.807) is 0 Å². The zero-order valence-corrected chi connectivity index (χ0v) is 13.9. The predicted molar refractivity (Wildman–Crippen MR) is 81.7 cm³/mol. The fourth-order valence-electron chi connectivity index (χ4n) is 2.03. The monoisotopic (exact) mass is 307 g/mol. The molecule has 5 nitrogen and oxygen atoms in total. The molecule has 6 heteroatoms. The first-order valence-electron chi connectivity index (χ1n) is 7.62. The molecule has 0 bridgehead atoms. The Morgan fingerprint density at radius 1 is 1.10 bits per heavy atom. The Balaban J connectivity index is 4.16. The summed E-state index contributed by atoms with van der Waals surface area (Å²) in [6.07, 6.45) is 5.79. The summed E-state index contributed by atoms with van der Waals surface area (Å²) in [7, 11) is -4.36. The number of hydrogen-bond donors (Lipinski definition) is 3. The lowest BCUT2D eigenvalue weighted by molar-refractivity contribution is -0.121. The van der Waals surface area contributed by atoms with Gasteiger partial charge in [-0.15, -0.1) is 0 Å². The second-order valence-electron chi connectivity index (χ2n) is 5.78. The number of amides is 1. The average Bonchev–Trinajstić information content (AvgIpc) is 2.31. The number of unbranched alkanes of at least 4 members (excludes halogenated alkanes) is 3. The molecule has 1 amide bonds. The number of rotatable bonds is 11. The van der Waals surface area contributed by atoms with Gasteiger partial charge in [0.15, 0.2) is 0 Å². The fraction of sp³-hybridized carbons (Fsp3) is 0.929. The van der Waals surface area contributed by atoms with Crippen molar-refractivity contribution in [3.63, 3.8) is 0 Å². The van der Waals surface area contributed by atoms with Gasteiger partial charge in [-0.1, -0.05) is 52.9 Å². The van der Waals surface area contributed by atoms with Gasteiger partial charge in [-0.05, 0) is 18.8 Å². The molecule has 1 unspecified atom stereocenters. The van der Waals surface area contributed by atoms with Crippen LogP contribution in [0.2, 0.25) is 0 Å². The maximum Gasteiger partial charge on any atom is 0.337 e. The third-order valence-corrected chi connectivity index (χ3v) is 4.60. The lowest BCUT2D eigenvalue weighted by Gasteiger charge is -2.18. The number of hydrogen-bond acceptors (Lipinski definition) is 2. The number of nitrogens with one attached hydrogen (secondary N) is 1. The van der Waals surface area contributed by atoms with E-state index in [2.05, 4.69) is 19.2 Å². The molecule has 0 saturated heterocycles. The first-order chi connectivity index (χ1) is 9.29. The van der Waals surface area contributed by atoms with Crippen LogP contribution in [0.5, 0.6) is 0 Å². The van der Waals surface area contributed by atoms with Gasteiger partial charge in [0.05, 0.1) is 0 Å². The van der Waals surface area contributed by atoms with Crippen molar-refractivity contribution in [3.05, 3.63) is 0 Å². The third-order valence-electron chi connectivity index (χ3n) is 3.30. The molecule has 20 heavy (non-hydrogen) atoms. The highest BCUT2D eigenvalue weighted by molar-refractivity contribution is 7.53. The Labute approximate surface area is 122 Å². The molecular formula is C14H30NO4P.